The number of halogens is 2. The van der Waals surface area contributed by atoms with E-state index in [0.717, 1.165) is 15.6 Å². The fourth-order valence-corrected chi connectivity index (χ4v) is 4.01. The van der Waals surface area contributed by atoms with Crippen molar-refractivity contribution in [2.24, 2.45) is 4.99 Å². The van der Waals surface area contributed by atoms with Crippen molar-refractivity contribution >= 4 is 34.7 Å². The van der Waals surface area contributed by atoms with Crippen LogP contribution in [0.1, 0.15) is 34.1 Å². The van der Waals surface area contributed by atoms with Crippen LogP contribution in [0.5, 0.6) is 0 Å². The molecule has 1 aromatic heterocycles. The summed E-state index contributed by atoms with van der Waals surface area (Å²) in [5.41, 5.74) is 2.32. The third kappa shape index (κ3) is 3.37. The van der Waals surface area contributed by atoms with Crippen LogP contribution >= 0.6 is 22.9 Å². The second kappa shape index (κ2) is 7.17. The minimum atomic E-state index is -0.700. The van der Waals surface area contributed by atoms with Crippen LogP contribution in [0.2, 0.25) is 5.02 Å². The lowest BCUT2D eigenvalue weighted by atomic mass is 9.95. The van der Waals surface area contributed by atoms with Gasteiger partial charge < -0.3 is 10.1 Å². The number of aryl methyl sites for hydroxylation is 2. The first-order valence-corrected chi connectivity index (χ1v) is 9.04. The van der Waals surface area contributed by atoms with Gasteiger partial charge in [-0.3, -0.25) is 4.99 Å². The molecule has 136 valence electrons. The number of ether oxygens (including phenoxy) is 1. The Bertz CT molecular complexity index is 952. The van der Waals surface area contributed by atoms with Gasteiger partial charge in [-0.15, -0.1) is 11.3 Å². The molecule has 5 nitrogen and oxygen atoms in total. The first-order valence-electron chi connectivity index (χ1n) is 7.85. The number of esters is 1. The van der Waals surface area contributed by atoms with E-state index >= 15 is 0 Å². The molecule has 0 spiro atoms. The molecule has 0 amide bonds. The van der Waals surface area contributed by atoms with Crippen LogP contribution in [0.3, 0.4) is 0 Å². The molecule has 3 rings (SSSR count). The minimum absolute atomic E-state index is 0.200. The molecule has 0 saturated carbocycles. The number of nitrogens with zero attached hydrogens (tertiary/aromatic N) is 2. The standard InChI is InChI=1S/C18H17ClFN3O2S/c1-8-14(18(24)25-4)15(12-6-5-11(20)7-13(12)19)23-17(22-8)16-9(2)21-10(3)26-16/h5-7,15H,1-4H3,(H,22,23). The maximum Gasteiger partial charge on any atom is 0.338 e. The molecular formula is C18H17ClFN3O2S. The van der Waals surface area contributed by atoms with Gasteiger partial charge in [0.15, 0.2) is 0 Å². The SMILES string of the molecule is COC(=O)C1=C(C)NC(c2sc(C)nc2C)=NC1c1ccc(F)cc1Cl. The van der Waals surface area contributed by atoms with Crippen molar-refractivity contribution in [3.63, 3.8) is 0 Å². The van der Waals surface area contributed by atoms with Gasteiger partial charge in [-0.2, -0.15) is 0 Å². The van der Waals surface area contributed by atoms with Crippen LogP contribution in [0.25, 0.3) is 0 Å². The van der Waals surface area contributed by atoms with Gasteiger partial charge in [0.2, 0.25) is 0 Å². The van der Waals surface area contributed by atoms with E-state index < -0.39 is 17.8 Å². The van der Waals surface area contributed by atoms with E-state index in [-0.39, 0.29) is 5.02 Å². The fraction of sp³-hybridized carbons (Fsp3) is 0.278. The average Bonchev–Trinajstić information content (AvgIpc) is 2.92. The Morgan fingerprint density at radius 1 is 1.35 bits per heavy atom. The van der Waals surface area contributed by atoms with Crippen LogP contribution in [0.4, 0.5) is 4.39 Å². The number of carbonyl (C=O) groups excluding carboxylic acids is 1. The van der Waals surface area contributed by atoms with Crippen molar-refractivity contribution < 1.29 is 13.9 Å². The number of rotatable bonds is 3. The number of thiazole rings is 1. The van der Waals surface area contributed by atoms with Crippen LogP contribution < -0.4 is 5.32 Å². The van der Waals surface area contributed by atoms with Gasteiger partial charge in [-0.1, -0.05) is 17.7 Å². The highest BCUT2D eigenvalue weighted by Gasteiger charge is 2.32. The molecule has 26 heavy (non-hydrogen) atoms. The fourth-order valence-electron chi connectivity index (χ4n) is 2.87. The Balaban J connectivity index is 2.17. The predicted molar refractivity (Wildman–Crippen MR) is 100 cm³/mol. The Labute approximate surface area is 159 Å². The molecular weight excluding hydrogens is 377 g/mol. The Kier molecular flexibility index (Phi) is 5.11. The molecule has 1 aliphatic rings. The van der Waals surface area contributed by atoms with Gasteiger partial charge in [-0.05, 0) is 32.9 Å². The van der Waals surface area contributed by atoms with E-state index in [0.29, 0.717) is 22.7 Å². The number of hydrogen-bond acceptors (Lipinski definition) is 6. The summed E-state index contributed by atoms with van der Waals surface area (Å²) in [5.74, 6) is -0.366. The molecule has 8 heteroatoms. The summed E-state index contributed by atoms with van der Waals surface area (Å²) in [4.78, 5) is 22.3. The first kappa shape index (κ1) is 18.5. The van der Waals surface area contributed by atoms with Crippen LogP contribution in [0, 0.1) is 19.7 Å². The number of amidine groups is 1. The van der Waals surface area contributed by atoms with Crippen LogP contribution in [0.15, 0.2) is 34.5 Å². The largest absolute Gasteiger partial charge is 0.466 e. The van der Waals surface area contributed by atoms with E-state index in [1.165, 1.54) is 36.6 Å². The molecule has 1 aromatic carbocycles. The summed E-state index contributed by atoms with van der Waals surface area (Å²) in [7, 11) is 1.31. The van der Waals surface area contributed by atoms with Crippen molar-refractivity contribution in [2.75, 3.05) is 7.11 Å². The lowest BCUT2D eigenvalue weighted by Gasteiger charge is -2.26. The highest BCUT2D eigenvalue weighted by molar-refractivity contribution is 7.13. The van der Waals surface area contributed by atoms with E-state index in [1.807, 2.05) is 13.8 Å². The number of nitrogens with one attached hydrogen (secondary N) is 1. The van der Waals surface area contributed by atoms with Crippen LogP contribution in [-0.2, 0) is 9.53 Å². The molecule has 2 heterocycles. The lowest BCUT2D eigenvalue weighted by molar-refractivity contribution is -0.136. The monoisotopic (exact) mass is 393 g/mol. The summed E-state index contributed by atoms with van der Waals surface area (Å²) in [6, 6.07) is 3.34. The molecule has 0 radical (unpaired) electrons. The molecule has 0 saturated heterocycles. The van der Waals surface area contributed by atoms with Crippen molar-refractivity contribution in [1.82, 2.24) is 10.3 Å². The smallest absolute Gasteiger partial charge is 0.338 e. The van der Waals surface area contributed by atoms with Gasteiger partial charge in [-0.25, -0.2) is 14.2 Å². The van der Waals surface area contributed by atoms with Crippen molar-refractivity contribution in [3.05, 3.63) is 61.5 Å². The van der Waals surface area contributed by atoms with Gasteiger partial charge in [0.25, 0.3) is 0 Å². The normalized spacial score (nSPS) is 17.0. The number of aromatic nitrogens is 1. The molecule has 2 aromatic rings. The highest BCUT2D eigenvalue weighted by Crippen LogP contribution is 2.37. The van der Waals surface area contributed by atoms with Crippen molar-refractivity contribution in [3.8, 4) is 0 Å². The number of benzene rings is 1. The summed E-state index contributed by atoms with van der Waals surface area (Å²) in [6.45, 7) is 5.59. The van der Waals surface area contributed by atoms with E-state index in [1.54, 1.807) is 6.92 Å². The zero-order chi connectivity index (χ0) is 19.0. The highest BCUT2D eigenvalue weighted by atomic mass is 35.5. The van der Waals surface area contributed by atoms with Crippen molar-refractivity contribution in [1.29, 1.82) is 0 Å². The maximum absolute atomic E-state index is 13.5. The number of allylic oxidation sites excluding steroid dienone is 1. The van der Waals surface area contributed by atoms with E-state index in [2.05, 4.69) is 10.3 Å². The Hall–Kier alpha value is -2.25. The molecule has 1 atom stereocenters. The molecule has 0 bridgehead atoms. The molecule has 1 aliphatic heterocycles. The number of aliphatic imine (C=N–C) groups is 1. The second-order valence-corrected chi connectivity index (χ2v) is 7.46. The van der Waals surface area contributed by atoms with Gasteiger partial charge in [0.1, 0.15) is 17.7 Å². The predicted octanol–water partition coefficient (Wildman–Crippen LogP) is 4.09. The maximum atomic E-state index is 13.5. The van der Waals surface area contributed by atoms with Crippen molar-refractivity contribution in [2.45, 2.75) is 26.8 Å². The number of carbonyl (C=O) groups is 1. The van der Waals surface area contributed by atoms with E-state index in [9.17, 15) is 9.18 Å². The molecule has 1 N–H and O–H groups in total. The van der Waals surface area contributed by atoms with Crippen LogP contribution in [-0.4, -0.2) is 23.9 Å². The van der Waals surface area contributed by atoms with Gasteiger partial charge in [0.05, 0.1) is 28.3 Å². The Morgan fingerprint density at radius 2 is 2.08 bits per heavy atom. The molecule has 1 unspecified atom stereocenters. The lowest BCUT2D eigenvalue weighted by Crippen LogP contribution is -2.32. The first-order chi connectivity index (χ1) is 12.3. The van der Waals surface area contributed by atoms with Gasteiger partial charge in [0, 0.05) is 16.3 Å². The van der Waals surface area contributed by atoms with E-state index in [4.69, 9.17) is 21.3 Å². The Morgan fingerprint density at radius 3 is 2.65 bits per heavy atom. The quantitative estimate of drug-likeness (QED) is 0.798. The third-order valence-corrected chi connectivity index (χ3v) is 5.43. The summed E-state index contributed by atoms with van der Waals surface area (Å²) < 4.78 is 18.4. The molecule has 0 fully saturated rings. The number of methoxy groups -OCH3 is 1. The van der Waals surface area contributed by atoms with Gasteiger partial charge >= 0.3 is 5.97 Å². The minimum Gasteiger partial charge on any atom is -0.466 e. The topological polar surface area (TPSA) is 63.6 Å². The zero-order valence-electron chi connectivity index (χ0n) is 14.7. The average molecular weight is 394 g/mol. The molecule has 0 aliphatic carbocycles. The number of hydrogen-bond donors (Lipinski definition) is 1. The third-order valence-electron chi connectivity index (χ3n) is 4.02. The summed E-state index contributed by atoms with van der Waals surface area (Å²) >= 11 is 7.74. The zero-order valence-corrected chi connectivity index (χ0v) is 16.3. The summed E-state index contributed by atoms with van der Waals surface area (Å²) in [5, 5.41) is 4.28. The summed E-state index contributed by atoms with van der Waals surface area (Å²) in [6.07, 6.45) is 0. The second-order valence-electron chi connectivity index (χ2n) is 5.85.